The van der Waals surface area contributed by atoms with Crippen LogP contribution in [0.15, 0.2) is 6.20 Å². The maximum absolute atomic E-state index is 5.97. The number of methoxy groups -OCH3 is 1. The first-order valence-corrected chi connectivity index (χ1v) is 6.63. The van der Waals surface area contributed by atoms with Crippen molar-refractivity contribution in [3.05, 3.63) is 11.9 Å². The molecule has 0 aliphatic carbocycles. The van der Waals surface area contributed by atoms with Gasteiger partial charge in [-0.15, -0.1) is 0 Å². The SMILES string of the molecule is CNC(c1c(OC)cnn1C)C1CC2CCC1O2. The third kappa shape index (κ3) is 1.73. The Morgan fingerprint density at radius 3 is 2.94 bits per heavy atom. The number of fused-ring (bicyclic) bond motifs is 2. The molecule has 18 heavy (non-hydrogen) atoms. The lowest BCUT2D eigenvalue weighted by Crippen LogP contribution is -2.33. The lowest BCUT2D eigenvalue weighted by atomic mass is 9.82. The molecule has 2 saturated heterocycles. The van der Waals surface area contributed by atoms with E-state index in [1.807, 2.05) is 18.8 Å². The van der Waals surface area contributed by atoms with E-state index in [4.69, 9.17) is 9.47 Å². The fourth-order valence-electron chi connectivity index (χ4n) is 3.52. The van der Waals surface area contributed by atoms with Crippen molar-refractivity contribution in [3.8, 4) is 5.75 Å². The van der Waals surface area contributed by atoms with Gasteiger partial charge in [-0.1, -0.05) is 0 Å². The average Bonchev–Trinajstić information content (AvgIpc) is 3.07. The van der Waals surface area contributed by atoms with E-state index < -0.39 is 0 Å². The van der Waals surface area contributed by atoms with Crippen LogP contribution in [0.3, 0.4) is 0 Å². The second-order valence-electron chi connectivity index (χ2n) is 5.26. The van der Waals surface area contributed by atoms with E-state index in [1.165, 1.54) is 12.8 Å². The molecule has 2 aliphatic rings. The summed E-state index contributed by atoms with van der Waals surface area (Å²) in [5.41, 5.74) is 1.13. The fraction of sp³-hybridized carbons (Fsp3) is 0.769. The van der Waals surface area contributed by atoms with Gasteiger partial charge in [0, 0.05) is 13.0 Å². The van der Waals surface area contributed by atoms with E-state index in [1.54, 1.807) is 13.3 Å². The van der Waals surface area contributed by atoms with Crippen molar-refractivity contribution < 1.29 is 9.47 Å². The first-order valence-electron chi connectivity index (χ1n) is 6.63. The van der Waals surface area contributed by atoms with Crippen LogP contribution in [0.5, 0.6) is 5.75 Å². The summed E-state index contributed by atoms with van der Waals surface area (Å²) in [5.74, 6) is 1.39. The molecule has 0 aromatic carbocycles. The monoisotopic (exact) mass is 251 g/mol. The lowest BCUT2D eigenvalue weighted by molar-refractivity contribution is 0.0854. The Morgan fingerprint density at radius 1 is 1.56 bits per heavy atom. The third-order valence-electron chi connectivity index (χ3n) is 4.36. The van der Waals surface area contributed by atoms with Crippen molar-refractivity contribution in [1.82, 2.24) is 15.1 Å². The molecule has 2 aliphatic heterocycles. The number of aryl methyl sites for hydroxylation is 1. The van der Waals surface area contributed by atoms with Gasteiger partial charge in [-0.3, -0.25) is 4.68 Å². The Hall–Kier alpha value is -1.07. The summed E-state index contributed by atoms with van der Waals surface area (Å²) in [4.78, 5) is 0. The van der Waals surface area contributed by atoms with Gasteiger partial charge >= 0.3 is 0 Å². The Morgan fingerprint density at radius 2 is 2.39 bits per heavy atom. The number of ether oxygens (including phenoxy) is 2. The van der Waals surface area contributed by atoms with Crippen molar-refractivity contribution >= 4 is 0 Å². The summed E-state index contributed by atoms with van der Waals surface area (Å²) in [5, 5.41) is 7.73. The Bertz CT molecular complexity index is 432. The number of nitrogens with zero attached hydrogens (tertiary/aromatic N) is 2. The second kappa shape index (κ2) is 4.55. The van der Waals surface area contributed by atoms with E-state index in [0.717, 1.165) is 17.9 Å². The maximum Gasteiger partial charge on any atom is 0.161 e. The van der Waals surface area contributed by atoms with Crippen molar-refractivity contribution in [3.63, 3.8) is 0 Å². The highest BCUT2D eigenvalue weighted by Gasteiger charge is 2.45. The van der Waals surface area contributed by atoms with Crippen molar-refractivity contribution in [2.24, 2.45) is 13.0 Å². The minimum atomic E-state index is 0.253. The molecule has 0 spiro atoms. The number of nitrogens with one attached hydrogen (secondary N) is 1. The molecule has 3 rings (SSSR count). The van der Waals surface area contributed by atoms with Gasteiger partial charge in [0.15, 0.2) is 5.75 Å². The molecule has 1 aromatic rings. The van der Waals surface area contributed by atoms with E-state index in [-0.39, 0.29) is 6.04 Å². The highest BCUT2D eigenvalue weighted by Crippen LogP contribution is 2.45. The average molecular weight is 251 g/mol. The molecule has 0 saturated carbocycles. The normalized spacial score (nSPS) is 31.8. The molecule has 4 atom stereocenters. The van der Waals surface area contributed by atoms with Gasteiger partial charge in [0.2, 0.25) is 0 Å². The zero-order valence-corrected chi connectivity index (χ0v) is 11.2. The lowest BCUT2D eigenvalue weighted by Gasteiger charge is -2.28. The number of hydrogen-bond acceptors (Lipinski definition) is 4. The van der Waals surface area contributed by atoms with Crippen LogP contribution in [0.25, 0.3) is 0 Å². The highest BCUT2D eigenvalue weighted by atomic mass is 16.5. The quantitative estimate of drug-likeness (QED) is 0.875. The molecule has 4 unspecified atom stereocenters. The minimum absolute atomic E-state index is 0.253. The van der Waals surface area contributed by atoms with E-state index in [2.05, 4.69) is 10.4 Å². The summed E-state index contributed by atoms with van der Waals surface area (Å²) in [6.45, 7) is 0. The predicted octanol–water partition coefficient (Wildman–Crippen LogP) is 1.26. The van der Waals surface area contributed by atoms with Gasteiger partial charge in [0.05, 0.1) is 37.3 Å². The molecule has 3 heterocycles. The van der Waals surface area contributed by atoms with Crippen molar-refractivity contribution in [2.75, 3.05) is 14.2 Å². The highest BCUT2D eigenvalue weighted by molar-refractivity contribution is 5.29. The summed E-state index contributed by atoms with van der Waals surface area (Å²) in [6, 6.07) is 0.253. The number of hydrogen-bond donors (Lipinski definition) is 1. The first kappa shape index (κ1) is 12.0. The smallest absolute Gasteiger partial charge is 0.161 e. The van der Waals surface area contributed by atoms with Crippen LogP contribution in [-0.2, 0) is 11.8 Å². The molecule has 1 aromatic heterocycles. The van der Waals surface area contributed by atoms with E-state index in [9.17, 15) is 0 Å². The molecule has 100 valence electrons. The fourth-order valence-corrected chi connectivity index (χ4v) is 3.52. The van der Waals surface area contributed by atoms with Crippen LogP contribution in [-0.4, -0.2) is 36.1 Å². The van der Waals surface area contributed by atoms with Crippen LogP contribution in [0.1, 0.15) is 31.0 Å². The van der Waals surface area contributed by atoms with E-state index >= 15 is 0 Å². The van der Waals surface area contributed by atoms with Crippen LogP contribution in [0, 0.1) is 5.92 Å². The van der Waals surface area contributed by atoms with Gasteiger partial charge < -0.3 is 14.8 Å². The van der Waals surface area contributed by atoms with Gasteiger partial charge in [0.1, 0.15) is 0 Å². The molecule has 5 nitrogen and oxygen atoms in total. The van der Waals surface area contributed by atoms with Crippen LogP contribution in [0.4, 0.5) is 0 Å². The van der Waals surface area contributed by atoms with Crippen LogP contribution >= 0.6 is 0 Å². The zero-order valence-electron chi connectivity index (χ0n) is 11.2. The summed E-state index contributed by atoms with van der Waals surface area (Å²) >= 11 is 0. The Labute approximate surface area is 107 Å². The molecule has 2 bridgehead atoms. The number of rotatable bonds is 4. The summed E-state index contributed by atoms with van der Waals surface area (Å²) in [7, 11) is 5.67. The maximum atomic E-state index is 5.97. The summed E-state index contributed by atoms with van der Waals surface area (Å²) in [6.07, 6.45) is 6.20. The Balaban J connectivity index is 1.90. The predicted molar refractivity (Wildman–Crippen MR) is 67.6 cm³/mol. The van der Waals surface area contributed by atoms with Gasteiger partial charge in [0.25, 0.3) is 0 Å². The first-order chi connectivity index (χ1) is 8.74. The molecular formula is C13H21N3O2. The molecule has 0 radical (unpaired) electrons. The molecule has 0 amide bonds. The van der Waals surface area contributed by atoms with Gasteiger partial charge in [-0.25, -0.2) is 0 Å². The number of aromatic nitrogens is 2. The van der Waals surface area contributed by atoms with Crippen molar-refractivity contribution in [1.29, 1.82) is 0 Å². The zero-order chi connectivity index (χ0) is 12.7. The summed E-state index contributed by atoms with van der Waals surface area (Å²) < 4.78 is 13.3. The minimum Gasteiger partial charge on any atom is -0.493 e. The Kier molecular flexibility index (Phi) is 3.03. The van der Waals surface area contributed by atoms with Gasteiger partial charge in [-0.05, 0) is 26.3 Å². The standard InChI is InChI=1S/C13H21N3O2/c1-14-12(9-6-8-4-5-10(9)18-8)13-11(17-3)7-15-16(13)2/h7-10,12,14H,4-6H2,1-3H3. The topological polar surface area (TPSA) is 48.3 Å². The molecule has 1 N–H and O–H groups in total. The van der Waals surface area contributed by atoms with Gasteiger partial charge in [-0.2, -0.15) is 5.10 Å². The second-order valence-corrected chi connectivity index (χ2v) is 5.26. The molecule has 2 fully saturated rings. The molecular weight excluding hydrogens is 230 g/mol. The molecule has 5 heteroatoms. The van der Waals surface area contributed by atoms with Crippen molar-refractivity contribution in [2.45, 2.75) is 37.5 Å². The van der Waals surface area contributed by atoms with E-state index in [0.29, 0.717) is 18.1 Å². The largest absolute Gasteiger partial charge is 0.493 e. The van der Waals surface area contributed by atoms with Crippen LogP contribution in [0.2, 0.25) is 0 Å². The third-order valence-corrected chi connectivity index (χ3v) is 4.36. The van der Waals surface area contributed by atoms with Crippen LogP contribution < -0.4 is 10.1 Å².